The van der Waals surface area contributed by atoms with Crippen LogP contribution in [0.15, 0.2) is 37.1 Å². The van der Waals surface area contributed by atoms with Crippen LogP contribution in [0, 0.1) is 6.92 Å². The summed E-state index contributed by atoms with van der Waals surface area (Å²) in [5, 5.41) is 0. The first kappa shape index (κ1) is 19.6. The Bertz CT molecular complexity index is 928. The van der Waals surface area contributed by atoms with E-state index < -0.39 is 12.6 Å². The number of fused-ring (bicyclic) bond motifs is 1. The molecule has 138 valence electrons. The van der Waals surface area contributed by atoms with Gasteiger partial charge in [0.2, 0.25) is 5.78 Å². The molecule has 3 heterocycles. The van der Waals surface area contributed by atoms with Crippen molar-refractivity contribution in [3.8, 4) is 0 Å². The van der Waals surface area contributed by atoms with E-state index in [1.807, 2.05) is 19.2 Å². The van der Waals surface area contributed by atoms with Crippen LogP contribution in [0.1, 0.15) is 43.4 Å². The van der Waals surface area contributed by atoms with Gasteiger partial charge in [0, 0.05) is 54.2 Å². The van der Waals surface area contributed by atoms with Crippen molar-refractivity contribution in [2.45, 2.75) is 40.3 Å². The Balaban J connectivity index is 0.00000243. The van der Waals surface area contributed by atoms with Gasteiger partial charge in [-0.3, -0.25) is 4.40 Å². The van der Waals surface area contributed by atoms with Gasteiger partial charge in [0.15, 0.2) is 0 Å². The van der Waals surface area contributed by atoms with E-state index in [0.29, 0.717) is 11.5 Å². The fraction of sp³-hybridized carbons (Fsp3) is 0.333. The highest BCUT2D eigenvalue weighted by Gasteiger charge is 2.27. The number of halogens is 3. The fourth-order valence-electron chi connectivity index (χ4n) is 2.59. The summed E-state index contributed by atoms with van der Waals surface area (Å²) >= 11 is 0. The Labute approximate surface area is 149 Å². The summed E-state index contributed by atoms with van der Waals surface area (Å²) in [5.41, 5.74) is 3.11. The zero-order valence-corrected chi connectivity index (χ0v) is 13.7. The number of allylic oxidation sites excluding steroid dienone is 1. The molecular formula is C18H20F3N5. The summed E-state index contributed by atoms with van der Waals surface area (Å²) in [5.74, 6) is 0.784. The Kier molecular flexibility index (Phi) is 5.74. The zero-order valence-electron chi connectivity index (χ0n) is 13.7. The van der Waals surface area contributed by atoms with Crippen molar-refractivity contribution in [1.82, 2.24) is 24.3 Å². The van der Waals surface area contributed by atoms with Crippen molar-refractivity contribution >= 4 is 11.4 Å². The first-order valence-corrected chi connectivity index (χ1v) is 7.72. The first-order chi connectivity index (χ1) is 11.9. The van der Waals surface area contributed by atoms with Gasteiger partial charge in [0.1, 0.15) is 5.82 Å². The Morgan fingerprint density at radius 1 is 1.19 bits per heavy atom. The van der Waals surface area contributed by atoms with Gasteiger partial charge in [-0.2, -0.15) is 13.2 Å². The van der Waals surface area contributed by atoms with Gasteiger partial charge >= 0.3 is 6.18 Å². The third-order valence-electron chi connectivity index (χ3n) is 3.80. The highest BCUT2D eigenvalue weighted by atomic mass is 19.4. The maximum absolute atomic E-state index is 12.3. The molecule has 3 rings (SSSR count). The van der Waals surface area contributed by atoms with E-state index in [1.165, 1.54) is 0 Å². The molecule has 0 unspecified atom stereocenters. The molecular weight excluding hydrogens is 343 g/mol. The van der Waals surface area contributed by atoms with Crippen molar-refractivity contribution in [3.63, 3.8) is 0 Å². The molecule has 3 aromatic heterocycles. The van der Waals surface area contributed by atoms with Crippen LogP contribution < -0.4 is 0 Å². The Morgan fingerprint density at radius 3 is 2.62 bits per heavy atom. The lowest BCUT2D eigenvalue weighted by Gasteiger charge is -2.12. The predicted molar refractivity (Wildman–Crippen MR) is 93.6 cm³/mol. The van der Waals surface area contributed by atoms with E-state index in [2.05, 4.69) is 19.9 Å². The largest absolute Gasteiger partial charge is 0.389 e. The van der Waals surface area contributed by atoms with Crippen LogP contribution in [0.2, 0.25) is 0 Å². The van der Waals surface area contributed by atoms with Crippen LogP contribution in [0.4, 0.5) is 13.2 Å². The average Bonchev–Trinajstić information content (AvgIpc) is 3.02. The van der Waals surface area contributed by atoms with E-state index in [1.54, 1.807) is 36.1 Å². The molecule has 0 spiro atoms. The lowest BCUT2D eigenvalue weighted by Crippen LogP contribution is -2.11. The third-order valence-corrected chi connectivity index (χ3v) is 3.80. The van der Waals surface area contributed by atoms with Gasteiger partial charge in [-0.25, -0.2) is 19.9 Å². The van der Waals surface area contributed by atoms with E-state index in [0.717, 1.165) is 16.7 Å². The van der Waals surface area contributed by atoms with E-state index >= 15 is 0 Å². The van der Waals surface area contributed by atoms with Crippen molar-refractivity contribution in [2.75, 3.05) is 0 Å². The SMILES string of the molecule is C.C/C=C(/c1cnc2nccn2c1)c1cnc(CCC(F)(F)F)nc1C. The molecule has 0 aliphatic heterocycles. The lowest BCUT2D eigenvalue weighted by atomic mass is 10.0. The number of hydrogen-bond acceptors (Lipinski definition) is 4. The molecule has 0 radical (unpaired) electrons. The number of nitrogens with zero attached hydrogens (tertiary/aromatic N) is 5. The average molecular weight is 363 g/mol. The van der Waals surface area contributed by atoms with E-state index in [9.17, 15) is 13.2 Å². The van der Waals surface area contributed by atoms with Crippen molar-refractivity contribution < 1.29 is 13.2 Å². The molecule has 26 heavy (non-hydrogen) atoms. The summed E-state index contributed by atoms with van der Waals surface area (Å²) < 4.78 is 38.8. The summed E-state index contributed by atoms with van der Waals surface area (Å²) in [6.07, 6.45) is 5.16. The molecule has 0 saturated heterocycles. The molecule has 3 aromatic rings. The summed E-state index contributed by atoms with van der Waals surface area (Å²) in [4.78, 5) is 16.7. The van der Waals surface area contributed by atoms with Crippen LogP contribution in [-0.4, -0.2) is 30.5 Å². The molecule has 0 fully saturated rings. The number of aryl methyl sites for hydroxylation is 2. The number of aromatic nitrogens is 5. The second-order valence-electron chi connectivity index (χ2n) is 5.58. The van der Waals surface area contributed by atoms with Gasteiger partial charge in [-0.05, 0) is 19.4 Å². The van der Waals surface area contributed by atoms with Gasteiger partial charge in [0.25, 0.3) is 0 Å². The molecule has 0 saturated carbocycles. The molecule has 0 atom stereocenters. The van der Waals surface area contributed by atoms with Crippen LogP contribution >= 0.6 is 0 Å². The summed E-state index contributed by atoms with van der Waals surface area (Å²) in [6.45, 7) is 3.64. The Morgan fingerprint density at radius 2 is 1.96 bits per heavy atom. The van der Waals surface area contributed by atoms with Crippen molar-refractivity contribution in [3.05, 3.63) is 59.7 Å². The van der Waals surface area contributed by atoms with Gasteiger partial charge in [-0.1, -0.05) is 13.5 Å². The van der Waals surface area contributed by atoms with Crippen LogP contribution in [-0.2, 0) is 6.42 Å². The highest BCUT2D eigenvalue weighted by molar-refractivity contribution is 5.79. The predicted octanol–water partition coefficient (Wildman–Crippen LogP) is 4.41. The fourth-order valence-corrected chi connectivity index (χ4v) is 2.59. The standard InChI is InChI=1S/C17H16F3N5.CH4/c1-3-13(12-8-23-16-21-6-7-25(16)10-12)14-9-22-15(24-11(14)2)4-5-17(18,19)20;/h3,6-10H,4-5H2,1-2H3;1H4/b13-3-;. The second-order valence-corrected chi connectivity index (χ2v) is 5.58. The second kappa shape index (κ2) is 7.63. The number of alkyl halides is 3. The summed E-state index contributed by atoms with van der Waals surface area (Å²) in [6, 6.07) is 0. The smallest absolute Gasteiger partial charge is 0.291 e. The summed E-state index contributed by atoms with van der Waals surface area (Å²) in [7, 11) is 0. The highest BCUT2D eigenvalue weighted by Crippen LogP contribution is 2.25. The van der Waals surface area contributed by atoms with Gasteiger partial charge in [-0.15, -0.1) is 0 Å². The molecule has 0 amide bonds. The lowest BCUT2D eigenvalue weighted by molar-refractivity contribution is -0.134. The molecule has 0 N–H and O–H groups in total. The monoisotopic (exact) mass is 363 g/mol. The number of hydrogen-bond donors (Lipinski definition) is 0. The maximum atomic E-state index is 12.3. The van der Waals surface area contributed by atoms with Crippen LogP contribution in [0.5, 0.6) is 0 Å². The van der Waals surface area contributed by atoms with Crippen molar-refractivity contribution in [2.24, 2.45) is 0 Å². The molecule has 0 aromatic carbocycles. The minimum Gasteiger partial charge on any atom is -0.291 e. The maximum Gasteiger partial charge on any atom is 0.389 e. The minimum absolute atomic E-state index is 0. The van der Waals surface area contributed by atoms with Crippen molar-refractivity contribution in [1.29, 1.82) is 0 Å². The molecule has 8 heteroatoms. The van der Waals surface area contributed by atoms with E-state index in [4.69, 9.17) is 0 Å². The number of imidazole rings is 1. The van der Waals surface area contributed by atoms with Crippen LogP contribution in [0.25, 0.3) is 11.4 Å². The Hall–Kier alpha value is -2.77. The zero-order chi connectivity index (χ0) is 18.0. The molecule has 0 aliphatic carbocycles. The molecule has 0 bridgehead atoms. The van der Waals surface area contributed by atoms with Gasteiger partial charge in [0.05, 0.1) is 6.42 Å². The van der Waals surface area contributed by atoms with Crippen LogP contribution in [0.3, 0.4) is 0 Å². The number of rotatable bonds is 4. The third kappa shape index (κ3) is 4.25. The topological polar surface area (TPSA) is 56.0 Å². The van der Waals surface area contributed by atoms with E-state index in [-0.39, 0.29) is 19.7 Å². The molecule has 5 nitrogen and oxygen atoms in total. The molecule has 0 aliphatic rings. The normalized spacial score (nSPS) is 12.3. The van der Waals surface area contributed by atoms with Gasteiger partial charge < -0.3 is 0 Å². The quantitative estimate of drug-likeness (QED) is 0.689. The minimum atomic E-state index is -4.21. The first-order valence-electron chi connectivity index (χ1n) is 7.72.